The minimum Gasteiger partial charge on any atom is -0.393 e. The van der Waals surface area contributed by atoms with Gasteiger partial charge in [-0.15, -0.1) is 12.4 Å². The van der Waals surface area contributed by atoms with Crippen molar-refractivity contribution in [2.24, 2.45) is 11.7 Å². The largest absolute Gasteiger partial charge is 0.393 e. The number of hydrogen-bond acceptors (Lipinski definition) is 3. The molecule has 124 valence electrons. The molecule has 0 spiro atoms. The molecule has 1 fully saturated rings. The Balaban J connectivity index is 0.00000242. The van der Waals surface area contributed by atoms with Gasteiger partial charge in [-0.1, -0.05) is 30.3 Å². The van der Waals surface area contributed by atoms with Crippen LogP contribution in [0.2, 0.25) is 0 Å². The third-order valence-electron chi connectivity index (χ3n) is 4.26. The highest BCUT2D eigenvalue weighted by Crippen LogP contribution is 2.25. The molecule has 0 bridgehead atoms. The minimum atomic E-state index is -0.382. The van der Waals surface area contributed by atoms with Crippen LogP contribution in [0, 0.1) is 5.92 Å². The van der Waals surface area contributed by atoms with E-state index in [0.717, 1.165) is 24.8 Å². The normalized spacial score (nSPS) is 23.4. The average molecular weight is 327 g/mol. The van der Waals surface area contributed by atoms with Crippen LogP contribution in [0.15, 0.2) is 30.3 Å². The van der Waals surface area contributed by atoms with Crippen molar-refractivity contribution >= 4 is 18.3 Å². The van der Waals surface area contributed by atoms with Crippen LogP contribution in [-0.4, -0.2) is 29.7 Å². The maximum atomic E-state index is 12.2. The molecule has 0 saturated heterocycles. The quantitative estimate of drug-likeness (QED) is 0.750. The maximum Gasteiger partial charge on any atom is 0.223 e. The number of benzene rings is 1. The molecule has 22 heavy (non-hydrogen) atoms. The molecule has 4 atom stereocenters. The molecule has 1 amide bonds. The van der Waals surface area contributed by atoms with E-state index in [2.05, 4.69) is 5.32 Å². The second kappa shape index (κ2) is 9.13. The van der Waals surface area contributed by atoms with Gasteiger partial charge in [0.25, 0.3) is 0 Å². The fourth-order valence-electron chi connectivity index (χ4n) is 3.10. The Labute approximate surface area is 138 Å². The highest BCUT2D eigenvalue weighted by molar-refractivity contribution is 5.85. The molecule has 1 aromatic carbocycles. The number of nitrogens with one attached hydrogen (secondary N) is 1. The van der Waals surface area contributed by atoms with E-state index < -0.39 is 0 Å². The van der Waals surface area contributed by atoms with E-state index in [4.69, 9.17) is 5.73 Å². The van der Waals surface area contributed by atoms with Crippen molar-refractivity contribution in [1.29, 1.82) is 0 Å². The highest BCUT2D eigenvalue weighted by Gasteiger charge is 2.28. The first kappa shape index (κ1) is 18.9. The predicted octanol–water partition coefficient (Wildman–Crippen LogP) is 2.21. The van der Waals surface area contributed by atoms with E-state index in [9.17, 15) is 9.90 Å². The molecule has 1 saturated carbocycles. The lowest BCUT2D eigenvalue weighted by Gasteiger charge is -2.21. The van der Waals surface area contributed by atoms with Gasteiger partial charge < -0.3 is 16.2 Å². The average Bonchev–Trinajstić information content (AvgIpc) is 2.90. The van der Waals surface area contributed by atoms with E-state index in [-0.39, 0.29) is 42.3 Å². The monoisotopic (exact) mass is 326 g/mol. The summed E-state index contributed by atoms with van der Waals surface area (Å²) in [5.41, 5.74) is 7.02. The summed E-state index contributed by atoms with van der Waals surface area (Å²) in [5.74, 6) is 0.308. The van der Waals surface area contributed by atoms with Crippen LogP contribution < -0.4 is 11.1 Å². The number of amides is 1. The Bertz CT molecular complexity index is 453. The zero-order chi connectivity index (χ0) is 15.2. The summed E-state index contributed by atoms with van der Waals surface area (Å²) in [6.07, 6.45) is 2.88. The van der Waals surface area contributed by atoms with Crippen molar-refractivity contribution in [1.82, 2.24) is 5.32 Å². The zero-order valence-corrected chi connectivity index (χ0v) is 13.9. The topological polar surface area (TPSA) is 75.3 Å². The molecule has 0 aliphatic heterocycles. The van der Waals surface area contributed by atoms with Gasteiger partial charge in [0.2, 0.25) is 5.91 Å². The standard InChI is InChI=1S/C17H26N2O2.ClH/c1-12(20)9-15(13-5-3-2-4-6-13)11-19-17(21)14-7-8-16(18)10-14;/h2-6,12,14-16,20H,7-11,18H2,1H3,(H,19,21);1H. The molecule has 4 unspecified atom stereocenters. The first-order valence-electron chi connectivity index (χ1n) is 7.82. The molecule has 4 nitrogen and oxygen atoms in total. The lowest BCUT2D eigenvalue weighted by molar-refractivity contribution is -0.124. The molecule has 1 aliphatic rings. The van der Waals surface area contributed by atoms with E-state index in [1.165, 1.54) is 0 Å². The van der Waals surface area contributed by atoms with Crippen LogP contribution in [0.3, 0.4) is 0 Å². The number of carbonyl (C=O) groups is 1. The molecule has 5 heteroatoms. The smallest absolute Gasteiger partial charge is 0.223 e. The summed E-state index contributed by atoms with van der Waals surface area (Å²) in [5, 5.41) is 12.7. The molecule has 1 aromatic rings. The van der Waals surface area contributed by atoms with Crippen molar-refractivity contribution in [2.75, 3.05) is 6.54 Å². The van der Waals surface area contributed by atoms with Gasteiger partial charge in [-0.2, -0.15) is 0 Å². The van der Waals surface area contributed by atoms with Gasteiger partial charge >= 0.3 is 0 Å². The van der Waals surface area contributed by atoms with Gasteiger partial charge in [-0.05, 0) is 38.2 Å². The second-order valence-corrected chi connectivity index (χ2v) is 6.21. The van der Waals surface area contributed by atoms with Crippen LogP contribution in [0.1, 0.15) is 44.1 Å². The summed E-state index contributed by atoms with van der Waals surface area (Å²) >= 11 is 0. The Morgan fingerprint density at radius 3 is 2.59 bits per heavy atom. The van der Waals surface area contributed by atoms with Gasteiger partial charge in [-0.3, -0.25) is 4.79 Å². The summed E-state index contributed by atoms with van der Waals surface area (Å²) < 4.78 is 0. The Kier molecular flexibility index (Phi) is 7.87. The van der Waals surface area contributed by atoms with Crippen LogP contribution >= 0.6 is 12.4 Å². The minimum absolute atomic E-state index is 0. The van der Waals surface area contributed by atoms with E-state index in [1.54, 1.807) is 6.92 Å². The summed E-state index contributed by atoms with van der Waals surface area (Å²) in [4.78, 5) is 12.2. The molecule has 0 radical (unpaired) electrons. The van der Waals surface area contributed by atoms with E-state index in [0.29, 0.717) is 13.0 Å². The van der Waals surface area contributed by atoms with Gasteiger partial charge in [0.05, 0.1) is 6.10 Å². The molecular weight excluding hydrogens is 300 g/mol. The first-order chi connectivity index (χ1) is 10.1. The number of carbonyl (C=O) groups excluding carboxylic acids is 1. The van der Waals surface area contributed by atoms with Crippen molar-refractivity contribution in [3.63, 3.8) is 0 Å². The van der Waals surface area contributed by atoms with Crippen LogP contribution in [0.25, 0.3) is 0 Å². The fourth-order valence-corrected chi connectivity index (χ4v) is 3.10. The molecule has 1 aliphatic carbocycles. The number of aliphatic hydroxyl groups excluding tert-OH is 1. The lowest BCUT2D eigenvalue weighted by atomic mass is 9.93. The Morgan fingerprint density at radius 2 is 2.05 bits per heavy atom. The van der Waals surface area contributed by atoms with Crippen molar-refractivity contribution in [2.45, 2.75) is 50.7 Å². The van der Waals surface area contributed by atoms with E-state index >= 15 is 0 Å². The molecule has 0 aromatic heterocycles. The Morgan fingerprint density at radius 1 is 1.36 bits per heavy atom. The molecular formula is C17H27ClN2O2. The second-order valence-electron chi connectivity index (χ2n) is 6.21. The van der Waals surface area contributed by atoms with Crippen molar-refractivity contribution < 1.29 is 9.90 Å². The van der Waals surface area contributed by atoms with Gasteiger partial charge in [0.1, 0.15) is 0 Å². The number of hydrogen-bond donors (Lipinski definition) is 3. The maximum absolute atomic E-state index is 12.2. The van der Waals surface area contributed by atoms with Crippen molar-refractivity contribution in [3.05, 3.63) is 35.9 Å². The van der Waals surface area contributed by atoms with Crippen LogP contribution in [-0.2, 0) is 4.79 Å². The SMILES string of the molecule is CC(O)CC(CNC(=O)C1CCC(N)C1)c1ccccc1.Cl. The summed E-state index contributed by atoms with van der Waals surface area (Å²) in [6.45, 7) is 2.35. The number of aliphatic hydroxyl groups is 1. The predicted molar refractivity (Wildman–Crippen MR) is 91.1 cm³/mol. The lowest BCUT2D eigenvalue weighted by Crippen LogP contribution is -2.34. The third kappa shape index (κ3) is 5.59. The van der Waals surface area contributed by atoms with Gasteiger partial charge in [-0.25, -0.2) is 0 Å². The van der Waals surface area contributed by atoms with E-state index in [1.807, 2.05) is 30.3 Å². The first-order valence-corrected chi connectivity index (χ1v) is 7.82. The van der Waals surface area contributed by atoms with Crippen molar-refractivity contribution in [3.8, 4) is 0 Å². The number of halogens is 1. The molecule has 4 N–H and O–H groups in total. The van der Waals surface area contributed by atoms with Gasteiger partial charge in [0, 0.05) is 24.4 Å². The molecule has 2 rings (SSSR count). The summed E-state index contributed by atoms with van der Waals surface area (Å²) in [7, 11) is 0. The fraction of sp³-hybridized carbons (Fsp3) is 0.588. The summed E-state index contributed by atoms with van der Waals surface area (Å²) in [6, 6.07) is 10.2. The third-order valence-corrected chi connectivity index (χ3v) is 4.26. The molecule has 0 heterocycles. The number of nitrogens with two attached hydrogens (primary N) is 1. The van der Waals surface area contributed by atoms with Crippen LogP contribution in [0.4, 0.5) is 0 Å². The number of rotatable bonds is 6. The van der Waals surface area contributed by atoms with Gasteiger partial charge in [0.15, 0.2) is 0 Å². The van der Waals surface area contributed by atoms with Crippen LogP contribution in [0.5, 0.6) is 0 Å². The Hall–Kier alpha value is -1.10. The highest BCUT2D eigenvalue weighted by atomic mass is 35.5. The zero-order valence-electron chi connectivity index (χ0n) is 13.1.